The number of nitrogens with zero attached hydrogens (tertiary/aromatic N) is 1. The van der Waals surface area contributed by atoms with Crippen molar-refractivity contribution in [2.45, 2.75) is 13.5 Å². The van der Waals surface area contributed by atoms with E-state index in [1.165, 1.54) is 6.92 Å². The number of methoxy groups -OCH3 is 1. The van der Waals surface area contributed by atoms with Crippen molar-refractivity contribution in [1.82, 2.24) is 5.32 Å². The molecule has 0 saturated heterocycles. The second-order valence-electron chi connectivity index (χ2n) is 4.95. The Morgan fingerprint density at radius 2 is 1.70 bits per heavy atom. The summed E-state index contributed by atoms with van der Waals surface area (Å²) in [7, 11) is 1.59. The van der Waals surface area contributed by atoms with Gasteiger partial charge < -0.3 is 15.8 Å². The lowest BCUT2D eigenvalue weighted by molar-refractivity contribution is -0.115. The number of amides is 3. The summed E-state index contributed by atoms with van der Waals surface area (Å²) in [5, 5.41) is 2.73. The average molecular weight is 313 g/mol. The molecule has 0 aromatic heterocycles. The summed E-state index contributed by atoms with van der Waals surface area (Å²) in [6, 6.07) is 13.4. The second kappa shape index (κ2) is 7.31. The zero-order valence-corrected chi connectivity index (χ0v) is 13.1. The normalized spacial score (nSPS) is 10.0. The fraction of sp³-hybridized carbons (Fsp3) is 0.176. The molecule has 0 aliphatic heterocycles. The molecule has 0 fully saturated rings. The van der Waals surface area contributed by atoms with E-state index in [9.17, 15) is 9.59 Å². The average Bonchev–Trinajstić information content (AvgIpc) is 2.55. The summed E-state index contributed by atoms with van der Waals surface area (Å²) in [5.74, 6) is 0.370. The molecule has 2 rings (SSSR count). The number of benzene rings is 2. The van der Waals surface area contributed by atoms with Crippen LogP contribution in [-0.2, 0) is 11.3 Å². The van der Waals surface area contributed by atoms with Crippen molar-refractivity contribution >= 4 is 23.3 Å². The van der Waals surface area contributed by atoms with Gasteiger partial charge in [0.05, 0.1) is 12.8 Å². The van der Waals surface area contributed by atoms with Gasteiger partial charge in [-0.1, -0.05) is 12.1 Å². The number of nitrogens with one attached hydrogen (secondary N) is 1. The highest BCUT2D eigenvalue weighted by Crippen LogP contribution is 2.17. The van der Waals surface area contributed by atoms with Gasteiger partial charge in [-0.15, -0.1) is 0 Å². The number of hydrogen-bond donors (Lipinski definition) is 2. The largest absolute Gasteiger partial charge is 0.497 e. The van der Waals surface area contributed by atoms with Gasteiger partial charge in [-0.25, -0.2) is 9.69 Å². The number of carbonyl (C=O) groups is 2. The van der Waals surface area contributed by atoms with E-state index in [2.05, 4.69) is 5.32 Å². The molecular formula is C17H19N3O3. The van der Waals surface area contributed by atoms with Crippen LogP contribution in [0.4, 0.5) is 16.2 Å². The maximum atomic E-state index is 12.3. The molecule has 2 aromatic rings. The molecule has 2 aromatic carbocycles. The van der Waals surface area contributed by atoms with Crippen molar-refractivity contribution < 1.29 is 14.3 Å². The maximum Gasteiger partial charge on any atom is 0.329 e. The van der Waals surface area contributed by atoms with Crippen molar-refractivity contribution in [2.75, 3.05) is 17.7 Å². The van der Waals surface area contributed by atoms with Crippen LogP contribution in [0.2, 0.25) is 0 Å². The minimum absolute atomic E-state index is 0.307. The minimum Gasteiger partial charge on any atom is -0.497 e. The van der Waals surface area contributed by atoms with Crippen LogP contribution in [-0.4, -0.2) is 19.0 Å². The Morgan fingerprint density at radius 1 is 1.09 bits per heavy atom. The lowest BCUT2D eigenvalue weighted by atomic mass is 10.2. The van der Waals surface area contributed by atoms with Gasteiger partial charge in [-0.05, 0) is 42.0 Å². The minimum atomic E-state index is -0.488. The summed E-state index contributed by atoms with van der Waals surface area (Å²) in [6.07, 6.45) is 0. The van der Waals surface area contributed by atoms with Gasteiger partial charge in [0.15, 0.2) is 0 Å². The summed E-state index contributed by atoms with van der Waals surface area (Å²) in [6.45, 7) is 1.64. The lowest BCUT2D eigenvalue weighted by Crippen LogP contribution is -2.42. The van der Waals surface area contributed by atoms with E-state index in [-0.39, 0.29) is 5.91 Å². The van der Waals surface area contributed by atoms with Crippen LogP contribution in [0.1, 0.15) is 12.5 Å². The molecule has 23 heavy (non-hydrogen) atoms. The van der Waals surface area contributed by atoms with E-state index in [4.69, 9.17) is 10.5 Å². The van der Waals surface area contributed by atoms with Crippen LogP contribution in [0, 0.1) is 0 Å². The first kappa shape index (κ1) is 16.4. The Labute approximate surface area is 134 Å². The highest BCUT2D eigenvalue weighted by atomic mass is 16.5. The number of urea groups is 1. The van der Waals surface area contributed by atoms with Gasteiger partial charge in [0.2, 0.25) is 5.91 Å². The SMILES string of the molecule is COc1ccc(CNC(=O)N(C(C)=O)c2ccc(N)cc2)cc1. The first-order valence-electron chi connectivity index (χ1n) is 7.08. The van der Waals surface area contributed by atoms with E-state index >= 15 is 0 Å². The third kappa shape index (κ3) is 4.23. The monoisotopic (exact) mass is 313 g/mol. The van der Waals surface area contributed by atoms with Crippen LogP contribution in [0.15, 0.2) is 48.5 Å². The van der Waals surface area contributed by atoms with E-state index in [1.54, 1.807) is 31.4 Å². The van der Waals surface area contributed by atoms with E-state index in [0.717, 1.165) is 16.2 Å². The Bertz CT molecular complexity index is 681. The lowest BCUT2D eigenvalue weighted by Gasteiger charge is -2.20. The Balaban J connectivity index is 2.06. The van der Waals surface area contributed by atoms with Gasteiger partial charge in [0.1, 0.15) is 5.75 Å². The first-order valence-corrected chi connectivity index (χ1v) is 7.08. The molecule has 0 spiro atoms. The molecule has 0 unspecified atom stereocenters. The van der Waals surface area contributed by atoms with Gasteiger partial charge in [0, 0.05) is 19.2 Å². The Hall–Kier alpha value is -3.02. The summed E-state index contributed by atoms with van der Waals surface area (Å²) in [4.78, 5) is 25.2. The van der Waals surface area contributed by atoms with Crippen molar-refractivity contribution in [1.29, 1.82) is 0 Å². The topological polar surface area (TPSA) is 84.7 Å². The van der Waals surface area contributed by atoms with Crippen LogP contribution in [0.25, 0.3) is 0 Å². The van der Waals surface area contributed by atoms with Crippen LogP contribution >= 0.6 is 0 Å². The zero-order chi connectivity index (χ0) is 16.8. The number of ether oxygens (including phenoxy) is 1. The summed E-state index contributed by atoms with van der Waals surface area (Å²) in [5.41, 5.74) is 7.56. The number of nitrogen functional groups attached to an aromatic ring is 1. The van der Waals surface area contributed by atoms with E-state index in [1.807, 2.05) is 24.3 Å². The van der Waals surface area contributed by atoms with E-state index < -0.39 is 6.03 Å². The van der Waals surface area contributed by atoms with Crippen molar-refractivity contribution in [2.24, 2.45) is 0 Å². The zero-order valence-electron chi connectivity index (χ0n) is 13.1. The Morgan fingerprint density at radius 3 is 2.22 bits per heavy atom. The quantitative estimate of drug-likeness (QED) is 0.850. The molecular weight excluding hydrogens is 294 g/mol. The van der Waals surface area contributed by atoms with Crippen molar-refractivity contribution in [3.63, 3.8) is 0 Å². The van der Waals surface area contributed by atoms with Crippen molar-refractivity contribution in [3.8, 4) is 5.75 Å². The molecule has 0 atom stereocenters. The van der Waals surface area contributed by atoms with Gasteiger partial charge >= 0.3 is 6.03 Å². The van der Waals surface area contributed by atoms with Gasteiger partial charge in [0.25, 0.3) is 0 Å². The third-order valence-electron chi connectivity index (χ3n) is 3.27. The predicted molar refractivity (Wildman–Crippen MR) is 89.2 cm³/mol. The fourth-order valence-corrected chi connectivity index (χ4v) is 2.07. The third-order valence-corrected chi connectivity index (χ3v) is 3.27. The van der Waals surface area contributed by atoms with Crippen LogP contribution in [0.5, 0.6) is 5.75 Å². The molecule has 0 aliphatic rings. The fourth-order valence-electron chi connectivity index (χ4n) is 2.07. The molecule has 0 heterocycles. The number of hydrogen-bond acceptors (Lipinski definition) is 4. The predicted octanol–water partition coefficient (Wildman–Crippen LogP) is 2.54. The molecule has 0 saturated carbocycles. The number of rotatable bonds is 4. The number of anilines is 2. The molecule has 0 radical (unpaired) electrons. The standard InChI is InChI=1S/C17H19N3O3/c1-12(21)20(15-7-5-14(18)6-8-15)17(22)19-11-13-3-9-16(23-2)10-4-13/h3-10H,11,18H2,1-2H3,(H,19,22). The molecule has 3 N–H and O–H groups in total. The molecule has 3 amide bonds. The first-order chi connectivity index (χ1) is 11.0. The van der Waals surface area contributed by atoms with Crippen LogP contribution < -0.4 is 20.7 Å². The number of carbonyl (C=O) groups excluding carboxylic acids is 2. The summed E-state index contributed by atoms with van der Waals surface area (Å²) >= 11 is 0. The molecule has 0 aliphatic carbocycles. The maximum absolute atomic E-state index is 12.3. The van der Waals surface area contributed by atoms with Crippen LogP contribution in [0.3, 0.4) is 0 Å². The van der Waals surface area contributed by atoms with Gasteiger partial charge in [-0.2, -0.15) is 0 Å². The number of nitrogens with two attached hydrogens (primary N) is 1. The molecule has 6 heteroatoms. The number of imide groups is 1. The summed E-state index contributed by atoms with van der Waals surface area (Å²) < 4.78 is 5.08. The van der Waals surface area contributed by atoms with Gasteiger partial charge in [-0.3, -0.25) is 4.79 Å². The van der Waals surface area contributed by atoms with E-state index in [0.29, 0.717) is 17.9 Å². The van der Waals surface area contributed by atoms with Crippen molar-refractivity contribution in [3.05, 3.63) is 54.1 Å². The molecule has 0 bridgehead atoms. The molecule has 6 nitrogen and oxygen atoms in total. The highest BCUT2D eigenvalue weighted by Gasteiger charge is 2.19. The molecule has 120 valence electrons. The smallest absolute Gasteiger partial charge is 0.329 e. The highest BCUT2D eigenvalue weighted by molar-refractivity contribution is 6.13. The second-order valence-corrected chi connectivity index (χ2v) is 4.95. The Kier molecular flexibility index (Phi) is 5.19.